The van der Waals surface area contributed by atoms with Gasteiger partial charge in [-0.05, 0) is 36.6 Å². The highest BCUT2D eigenvalue weighted by molar-refractivity contribution is 5.91. The number of amides is 1. The molecular formula is C13H14FNO2. The molecule has 90 valence electrons. The third-order valence-electron chi connectivity index (χ3n) is 2.76. The molecule has 0 bridgehead atoms. The molecule has 17 heavy (non-hydrogen) atoms. The van der Waals surface area contributed by atoms with E-state index in [1.165, 1.54) is 18.2 Å². The summed E-state index contributed by atoms with van der Waals surface area (Å²) in [6.45, 7) is 0. The number of carbonyl (C=O) groups excluding carboxylic acids is 1. The number of aliphatic hydroxyl groups excluding tert-OH is 1. The summed E-state index contributed by atoms with van der Waals surface area (Å²) < 4.78 is 12.6. The van der Waals surface area contributed by atoms with E-state index in [0.29, 0.717) is 12.8 Å². The molecule has 1 fully saturated rings. The van der Waals surface area contributed by atoms with E-state index < -0.39 is 0 Å². The van der Waals surface area contributed by atoms with E-state index in [1.807, 2.05) is 0 Å². The van der Waals surface area contributed by atoms with E-state index in [4.69, 9.17) is 5.11 Å². The molecule has 1 aromatic carbocycles. The third-order valence-corrected chi connectivity index (χ3v) is 2.76. The minimum Gasteiger partial charge on any atom is -0.393 e. The van der Waals surface area contributed by atoms with E-state index in [0.717, 1.165) is 5.56 Å². The van der Waals surface area contributed by atoms with E-state index in [2.05, 4.69) is 5.32 Å². The van der Waals surface area contributed by atoms with Gasteiger partial charge < -0.3 is 10.4 Å². The minimum atomic E-state index is -0.296. The summed E-state index contributed by atoms with van der Waals surface area (Å²) in [4.78, 5) is 11.4. The van der Waals surface area contributed by atoms with Crippen molar-refractivity contribution in [2.24, 2.45) is 0 Å². The predicted octanol–water partition coefficient (Wildman–Crippen LogP) is 1.48. The smallest absolute Gasteiger partial charge is 0.244 e. The quantitative estimate of drug-likeness (QED) is 0.780. The lowest BCUT2D eigenvalue weighted by molar-refractivity contribution is -0.118. The number of carbonyl (C=O) groups is 1. The van der Waals surface area contributed by atoms with Crippen molar-refractivity contribution in [1.29, 1.82) is 0 Å². The molecular weight excluding hydrogens is 221 g/mol. The number of hydrogen-bond acceptors (Lipinski definition) is 2. The number of nitrogens with one attached hydrogen (secondary N) is 1. The second-order valence-electron chi connectivity index (χ2n) is 4.22. The molecule has 0 atom stereocenters. The maximum Gasteiger partial charge on any atom is 0.244 e. The molecule has 0 spiro atoms. The van der Waals surface area contributed by atoms with Crippen molar-refractivity contribution >= 4 is 12.0 Å². The fraction of sp³-hybridized carbons (Fsp3) is 0.308. The normalized spacial score (nSPS) is 23.4. The van der Waals surface area contributed by atoms with Crippen molar-refractivity contribution in [3.05, 3.63) is 41.7 Å². The number of hydrogen-bond donors (Lipinski definition) is 2. The van der Waals surface area contributed by atoms with Crippen molar-refractivity contribution in [2.45, 2.75) is 25.0 Å². The van der Waals surface area contributed by atoms with Gasteiger partial charge in [0.05, 0.1) is 6.10 Å². The van der Waals surface area contributed by atoms with Crippen LogP contribution < -0.4 is 5.32 Å². The predicted molar refractivity (Wildman–Crippen MR) is 62.6 cm³/mol. The zero-order chi connectivity index (χ0) is 12.3. The second-order valence-corrected chi connectivity index (χ2v) is 4.22. The van der Waals surface area contributed by atoms with Crippen LogP contribution in [0.5, 0.6) is 0 Å². The average Bonchev–Trinajstić information content (AvgIpc) is 2.26. The van der Waals surface area contributed by atoms with Gasteiger partial charge in [0.1, 0.15) is 5.82 Å². The number of benzene rings is 1. The summed E-state index contributed by atoms with van der Waals surface area (Å²) in [5, 5.41) is 11.8. The van der Waals surface area contributed by atoms with Gasteiger partial charge in [0.15, 0.2) is 0 Å². The summed E-state index contributed by atoms with van der Waals surface area (Å²) in [5.74, 6) is -0.485. The number of aliphatic hydroxyl groups is 1. The van der Waals surface area contributed by atoms with Crippen LogP contribution in [0, 0.1) is 5.82 Å². The molecule has 1 saturated carbocycles. The summed E-state index contributed by atoms with van der Waals surface area (Å²) >= 11 is 0. The molecule has 4 heteroatoms. The lowest BCUT2D eigenvalue weighted by Gasteiger charge is -2.31. The van der Waals surface area contributed by atoms with Crippen molar-refractivity contribution in [1.82, 2.24) is 5.32 Å². The lowest BCUT2D eigenvalue weighted by atomic mass is 9.89. The van der Waals surface area contributed by atoms with Crippen molar-refractivity contribution in [3.8, 4) is 0 Å². The van der Waals surface area contributed by atoms with Crippen LogP contribution in [0.1, 0.15) is 18.4 Å². The second kappa shape index (κ2) is 5.10. The SMILES string of the molecule is O=C(C=Cc1ccc(F)cc1)NC1CC(O)C1. The van der Waals surface area contributed by atoms with Crippen LogP contribution in [-0.2, 0) is 4.79 Å². The highest BCUT2D eigenvalue weighted by atomic mass is 19.1. The Morgan fingerprint density at radius 3 is 2.59 bits per heavy atom. The Bertz CT molecular complexity index is 422. The highest BCUT2D eigenvalue weighted by Crippen LogP contribution is 2.19. The zero-order valence-corrected chi connectivity index (χ0v) is 9.27. The fourth-order valence-electron chi connectivity index (χ4n) is 1.70. The molecule has 0 aliphatic heterocycles. The molecule has 0 radical (unpaired) electrons. The van der Waals surface area contributed by atoms with E-state index in [-0.39, 0.29) is 23.9 Å². The fourth-order valence-corrected chi connectivity index (χ4v) is 1.70. The van der Waals surface area contributed by atoms with Crippen LogP contribution in [0.15, 0.2) is 30.3 Å². The Hall–Kier alpha value is -1.68. The van der Waals surface area contributed by atoms with Crippen LogP contribution in [0.3, 0.4) is 0 Å². The molecule has 1 aliphatic carbocycles. The Morgan fingerprint density at radius 2 is 2.00 bits per heavy atom. The van der Waals surface area contributed by atoms with Crippen molar-refractivity contribution < 1.29 is 14.3 Å². The van der Waals surface area contributed by atoms with E-state index >= 15 is 0 Å². The maximum absolute atomic E-state index is 12.6. The van der Waals surface area contributed by atoms with Gasteiger partial charge in [0.2, 0.25) is 5.91 Å². The standard InChI is InChI=1S/C13H14FNO2/c14-10-4-1-9(2-5-10)3-6-13(17)15-11-7-12(16)8-11/h1-6,11-12,16H,7-8H2,(H,15,17). The van der Waals surface area contributed by atoms with Crippen LogP contribution in [-0.4, -0.2) is 23.2 Å². The van der Waals surface area contributed by atoms with E-state index in [9.17, 15) is 9.18 Å². The number of halogens is 1. The van der Waals surface area contributed by atoms with Gasteiger partial charge in [0.25, 0.3) is 0 Å². The molecule has 0 heterocycles. The van der Waals surface area contributed by atoms with E-state index in [1.54, 1.807) is 18.2 Å². The van der Waals surface area contributed by atoms with Crippen LogP contribution >= 0.6 is 0 Å². The van der Waals surface area contributed by atoms with Crippen molar-refractivity contribution in [3.63, 3.8) is 0 Å². The topological polar surface area (TPSA) is 49.3 Å². The Balaban J connectivity index is 1.83. The van der Waals surface area contributed by atoms with Crippen LogP contribution in [0.2, 0.25) is 0 Å². The third kappa shape index (κ3) is 3.39. The largest absolute Gasteiger partial charge is 0.393 e. The molecule has 0 saturated heterocycles. The Labute approximate surface area is 99.0 Å². The van der Waals surface area contributed by atoms with Gasteiger partial charge in [-0.3, -0.25) is 4.79 Å². The van der Waals surface area contributed by atoms with Crippen molar-refractivity contribution in [2.75, 3.05) is 0 Å². The molecule has 1 aliphatic rings. The first kappa shape index (κ1) is 11.8. The summed E-state index contributed by atoms with van der Waals surface area (Å²) in [6.07, 6.45) is 4.01. The minimum absolute atomic E-state index is 0.0790. The molecule has 0 unspecified atom stereocenters. The highest BCUT2D eigenvalue weighted by Gasteiger charge is 2.27. The first-order chi connectivity index (χ1) is 8.13. The van der Waals surface area contributed by atoms with Gasteiger partial charge in [-0.25, -0.2) is 4.39 Å². The molecule has 1 amide bonds. The molecule has 2 rings (SSSR count). The zero-order valence-electron chi connectivity index (χ0n) is 9.27. The molecule has 0 aromatic heterocycles. The number of rotatable bonds is 3. The maximum atomic E-state index is 12.6. The van der Waals surface area contributed by atoms with Gasteiger partial charge >= 0.3 is 0 Å². The Kier molecular flexibility index (Phi) is 3.54. The summed E-state index contributed by atoms with van der Waals surface area (Å²) in [5.41, 5.74) is 0.773. The van der Waals surface area contributed by atoms with Gasteiger partial charge in [-0.2, -0.15) is 0 Å². The molecule has 1 aromatic rings. The first-order valence-corrected chi connectivity index (χ1v) is 5.56. The summed E-state index contributed by atoms with van der Waals surface area (Å²) in [7, 11) is 0. The average molecular weight is 235 g/mol. The summed E-state index contributed by atoms with van der Waals surface area (Å²) in [6, 6.07) is 5.98. The first-order valence-electron chi connectivity index (χ1n) is 5.56. The Morgan fingerprint density at radius 1 is 1.35 bits per heavy atom. The lowest BCUT2D eigenvalue weighted by Crippen LogP contribution is -2.46. The molecule has 2 N–H and O–H groups in total. The van der Waals surface area contributed by atoms with Crippen LogP contribution in [0.4, 0.5) is 4.39 Å². The van der Waals surface area contributed by atoms with Crippen LogP contribution in [0.25, 0.3) is 6.08 Å². The van der Waals surface area contributed by atoms with Gasteiger partial charge in [0, 0.05) is 12.1 Å². The van der Waals surface area contributed by atoms with Gasteiger partial charge in [-0.1, -0.05) is 12.1 Å². The monoisotopic (exact) mass is 235 g/mol. The van der Waals surface area contributed by atoms with Gasteiger partial charge in [-0.15, -0.1) is 0 Å². The molecule has 3 nitrogen and oxygen atoms in total.